The van der Waals surface area contributed by atoms with E-state index in [0.717, 1.165) is 37.2 Å². The smallest absolute Gasteiger partial charge is 0.239 e. The summed E-state index contributed by atoms with van der Waals surface area (Å²) in [6, 6.07) is 7.33. The van der Waals surface area contributed by atoms with Gasteiger partial charge < -0.3 is 25.8 Å². The lowest BCUT2D eigenvalue weighted by Gasteiger charge is -2.22. The maximum Gasteiger partial charge on any atom is 0.239 e. The Balaban J connectivity index is 0.00000392. The van der Waals surface area contributed by atoms with E-state index in [4.69, 9.17) is 15.2 Å². The second kappa shape index (κ2) is 12.7. The second-order valence-electron chi connectivity index (χ2n) is 7.21. The van der Waals surface area contributed by atoms with Gasteiger partial charge in [0.15, 0.2) is 0 Å². The largest absolute Gasteiger partial charge is 0.381 e. The van der Waals surface area contributed by atoms with Crippen molar-refractivity contribution in [1.82, 2.24) is 10.6 Å². The SMILES string of the molecule is CC(C)[C@H](N)C(=O)NCC(=O)NCc1cccc(COC2CCOCC2)c1.Cl. The molecule has 1 atom stereocenters. The molecule has 0 bridgehead atoms. The van der Waals surface area contributed by atoms with Crippen molar-refractivity contribution in [1.29, 1.82) is 0 Å². The highest BCUT2D eigenvalue weighted by molar-refractivity contribution is 5.87. The summed E-state index contributed by atoms with van der Waals surface area (Å²) in [7, 11) is 0. The molecular weight excluding hydrogens is 382 g/mol. The molecule has 2 amide bonds. The number of nitrogens with two attached hydrogens (primary N) is 1. The van der Waals surface area contributed by atoms with Crippen LogP contribution >= 0.6 is 12.4 Å². The van der Waals surface area contributed by atoms with E-state index in [1.54, 1.807) is 0 Å². The molecule has 158 valence electrons. The van der Waals surface area contributed by atoms with E-state index in [9.17, 15) is 9.59 Å². The van der Waals surface area contributed by atoms with Crippen LogP contribution in [0.1, 0.15) is 37.8 Å². The summed E-state index contributed by atoms with van der Waals surface area (Å²) in [6.07, 6.45) is 2.12. The van der Waals surface area contributed by atoms with Crippen LogP contribution in [0.15, 0.2) is 24.3 Å². The molecule has 1 saturated heterocycles. The highest BCUT2D eigenvalue weighted by Crippen LogP contribution is 2.14. The fourth-order valence-corrected chi connectivity index (χ4v) is 2.74. The fourth-order valence-electron chi connectivity index (χ4n) is 2.74. The fraction of sp³-hybridized carbons (Fsp3) is 0.600. The van der Waals surface area contributed by atoms with Gasteiger partial charge in [-0.3, -0.25) is 9.59 Å². The van der Waals surface area contributed by atoms with Gasteiger partial charge in [-0.25, -0.2) is 0 Å². The van der Waals surface area contributed by atoms with Crippen molar-refractivity contribution >= 4 is 24.2 Å². The average Bonchev–Trinajstić information content (AvgIpc) is 2.69. The first-order valence-corrected chi connectivity index (χ1v) is 9.53. The standard InChI is InChI=1S/C20H31N3O4.ClH/c1-14(2)19(21)20(25)23-12-18(24)22-11-15-4-3-5-16(10-15)13-27-17-6-8-26-9-7-17;/h3-5,10,14,17,19H,6-9,11-13,21H2,1-2H3,(H,22,24)(H,23,25);1H/t19-;/m0./s1. The van der Waals surface area contributed by atoms with E-state index in [1.807, 2.05) is 38.1 Å². The van der Waals surface area contributed by atoms with Gasteiger partial charge in [-0.2, -0.15) is 0 Å². The Bertz CT molecular complexity index is 621. The van der Waals surface area contributed by atoms with Crippen molar-refractivity contribution in [3.63, 3.8) is 0 Å². The van der Waals surface area contributed by atoms with Crippen molar-refractivity contribution < 1.29 is 19.1 Å². The summed E-state index contributed by atoms with van der Waals surface area (Å²) in [4.78, 5) is 23.7. The maximum absolute atomic E-state index is 11.9. The van der Waals surface area contributed by atoms with Gasteiger partial charge in [0.1, 0.15) is 0 Å². The number of halogens is 1. The molecule has 28 heavy (non-hydrogen) atoms. The van der Waals surface area contributed by atoms with E-state index in [2.05, 4.69) is 10.6 Å². The highest BCUT2D eigenvalue weighted by Gasteiger charge is 2.17. The molecule has 0 aromatic heterocycles. The molecule has 4 N–H and O–H groups in total. The van der Waals surface area contributed by atoms with Crippen LogP contribution in [0.3, 0.4) is 0 Å². The van der Waals surface area contributed by atoms with Crippen LogP contribution in [0.4, 0.5) is 0 Å². The minimum absolute atomic E-state index is 0. The second-order valence-corrected chi connectivity index (χ2v) is 7.21. The van der Waals surface area contributed by atoms with E-state index in [0.29, 0.717) is 13.2 Å². The molecule has 2 rings (SSSR count). The lowest BCUT2D eigenvalue weighted by molar-refractivity contribution is -0.127. The van der Waals surface area contributed by atoms with Gasteiger partial charge in [0, 0.05) is 19.8 Å². The van der Waals surface area contributed by atoms with E-state index >= 15 is 0 Å². The topological polar surface area (TPSA) is 103 Å². The third-order valence-corrected chi connectivity index (χ3v) is 4.58. The number of hydrogen-bond donors (Lipinski definition) is 3. The number of ether oxygens (including phenoxy) is 2. The van der Waals surface area contributed by atoms with Gasteiger partial charge >= 0.3 is 0 Å². The lowest BCUT2D eigenvalue weighted by Crippen LogP contribution is -2.47. The minimum atomic E-state index is -0.606. The van der Waals surface area contributed by atoms with Gasteiger partial charge in [0.05, 0.1) is 25.3 Å². The summed E-state index contributed by atoms with van der Waals surface area (Å²) >= 11 is 0. The van der Waals surface area contributed by atoms with Gasteiger partial charge in [-0.15, -0.1) is 12.4 Å². The molecule has 0 unspecified atom stereocenters. The third-order valence-electron chi connectivity index (χ3n) is 4.58. The molecule has 0 spiro atoms. The molecule has 0 radical (unpaired) electrons. The van der Waals surface area contributed by atoms with Gasteiger partial charge in [0.2, 0.25) is 11.8 Å². The van der Waals surface area contributed by atoms with E-state index in [-0.39, 0.29) is 42.8 Å². The summed E-state index contributed by atoms with van der Waals surface area (Å²) in [5, 5.41) is 5.36. The normalized spacial score (nSPS) is 15.6. The molecule has 1 aromatic rings. The molecule has 1 fully saturated rings. The number of carbonyl (C=O) groups excluding carboxylic acids is 2. The molecule has 1 aromatic carbocycles. The zero-order valence-corrected chi connectivity index (χ0v) is 17.4. The first kappa shape index (κ1) is 24.4. The van der Waals surface area contributed by atoms with Gasteiger partial charge in [-0.05, 0) is 29.9 Å². The van der Waals surface area contributed by atoms with Crippen molar-refractivity contribution in [2.75, 3.05) is 19.8 Å². The third kappa shape index (κ3) is 8.56. The molecule has 8 heteroatoms. The maximum atomic E-state index is 11.9. The first-order chi connectivity index (χ1) is 13.0. The summed E-state index contributed by atoms with van der Waals surface area (Å²) in [6.45, 7) is 6.12. The summed E-state index contributed by atoms with van der Waals surface area (Å²) in [5.74, 6) is -0.533. The van der Waals surface area contributed by atoms with E-state index in [1.165, 1.54) is 0 Å². The zero-order valence-electron chi connectivity index (χ0n) is 16.6. The Morgan fingerprint density at radius 1 is 1.21 bits per heavy atom. The van der Waals surface area contributed by atoms with Crippen LogP contribution < -0.4 is 16.4 Å². The van der Waals surface area contributed by atoms with Crippen LogP contribution in [-0.2, 0) is 32.2 Å². The predicted molar refractivity (Wildman–Crippen MR) is 110 cm³/mol. The van der Waals surface area contributed by atoms with Crippen LogP contribution in [0.2, 0.25) is 0 Å². The number of hydrogen-bond acceptors (Lipinski definition) is 5. The molecular formula is C20H32ClN3O4. The molecule has 0 aliphatic carbocycles. The summed E-state index contributed by atoms with van der Waals surface area (Å²) < 4.78 is 11.3. The molecule has 1 aliphatic heterocycles. The Hall–Kier alpha value is -1.67. The van der Waals surface area contributed by atoms with Gasteiger partial charge in [-0.1, -0.05) is 38.1 Å². The van der Waals surface area contributed by atoms with Crippen molar-refractivity contribution in [2.24, 2.45) is 11.7 Å². The number of rotatable bonds is 9. The molecule has 0 saturated carbocycles. The monoisotopic (exact) mass is 413 g/mol. The van der Waals surface area contributed by atoms with Crippen LogP contribution in [0.25, 0.3) is 0 Å². The van der Waals surface area contributed by atoms with Crippen LogP contribution in [-0.4, -0.2) is 43.7 Å². The Morgan fingerprint density at radius 3 is 2.57 bits per heavy atom. The minimum Gasteiger partial charge on any atom is -0.381 e. The molecule has 7 nitrogen and oxygen atoms in total. The van der Waals surface area contributed by atoms with E-state index < -0.39 is 6.04 Å². The predicted octanol–water partition coefficient (Wildman–Crippen LogP) is 1.52. The summed E-state index contributed by atoms with van der Waals surface area (Å²) in [5.41, 5.74) is 7.81. The first-order valence-electron chi connectivity index (χ1n) is 9.53. The van der Waals surface area contributed by atoms with Crippen molar-refractivity contribution in [3.8, 4) is 0 Å². The van der Waals surface area contributed by atoms with Crippen LogP contribution in [0, 0.1) is 5.92 Å². The molecule has 1 heterocycles. The highest BCUT2D eigenvalue weighted by atomic mass is 35.5. The quantitative estimate of drug-likeness (QED) is 0.569. The number of amides is 2. The Morgan fingerprint density at radius 2 is 1.89 bits per heavy atom. The van der Waals surface area contributed by atoms with Gasteiger partial charge in [0.25, 0.3) is 0 Å². The number of nitrogens with one attached hydrogen (secondary N) is 2. The molecule has 1 aliphatic rings. The lowest BCUT2D eigenvalue weighted by atomic mass is 10.1. The van der Waals surface area contributed by atoms with Crippen molar-refractivity contribution in [3.05, 3.63) is 35.4 Å². The number of benzene rings is 1. The average molecular weight is 414 g/mol. The van der Waals surface area contributed by atoms with Crippen LogP contribution in [0.5, 0.6) is 0 Å². The Labute approximate surface area is 173 Å². The Kier molecular flexibility index (Phi) is 11.1. The number of carbonyl (C=O) groups is 2. The van der Waals surface area contributed by atoms with Crippen molar-refractivity contribution in [2.45, 2.75) is 52.0 Å². The zero-order chi connectivity index (χ0) is 19.6.